The van der Waals surface area contributed by atoms with Crippen molar-refractivity contribution in [2.45, 2.75) is 36.8 Å². The Balaban J connectivity index is 2.18. The smallest absolute Gasteiger partial charge is 0.261 e. The van der Waals surface area contributed by atoms with E-state index >= 15 is 0 Å². The second kappa shape index (κ2) is 6.52. The first-order chi connectivity index (χ1) is 9.79. The normalized spacial score (nSPS) is 20.2. The maximum absolute atomic E-state index is 12.2. The Bertz CT molecular complexity index is 642. The molecular formula is C13H15Cl2NO4S. The minimum atomic E-state index is -3.91. The van der Waals surface area contributed by atoms with Gasteiger partial charge >= 0.3 is 0 Å². The number of amides is 1. The summed E-state index contributed by atoms with van der Waals surface area (Å²) < 4.78 is 28.1. The predicted octanol–water partition coefficient (Wildman–Crippen LogP) is 2.56. The molecule has 1 saturated heterocycles. The van der Waals surface area contributed by atoms with Gasteiger partial charge in [-0.1, -0.05) is 11.6 Å². The lowest BCUT2D eigenvalue weighted by Gasteiger charge is -2.20. The third-order valence-electron chi connectivity index (χ3n) is 3.35. The van der Waals surface area contributed by atoms with Gasteiger partial charge in [0.1, 0.15) is 0 Å². The largest absolute Gasteiger partial charge is 0.376 e. The van der Waals surface area contributed by atoms with Crippen LogP contribution in [0.4, 0.5) is 0 Å². The molecule has 1 heterocycles. The molecule has 8 heteroatoms. The summed E-state index contributed by atoms with van der Waals surface area (Å²) in [6, 6.07) is 3.57. The maximum atomic E-state index is 12.2. The Morgan fingerprint density at radius 1 is 1.48 bits per heavy atom. The average molecular weight is 352 g/mol. The number of hydrogen-bond donors (Lipinski definition) is 1. The fraction of sp³-hybridized carbons (Fsp3) is 0.462. The van der Waals surface area contributed by atoms with Gasteiger partial charge in [-0.15, -0.1) is 0 Å². The second-order valence-electron chi connectivity index (χ2n) is 4.89. The first kappa shape index (κ1) is 16.5. The van der Waals surface area contributed by atoms with Crippen LogP contribution in [-0.2, 0) is 13.8 Å². The molecule has 1 aliphatic rings. The van der Waals surface area contributed by atoms with Crippen LogP contribution < -0.4 is 5.32 Å². The molecule has 0 radical (unpaired) electrons. The first-order valence-electron chi connectivity index (χ1n) is 6.45. The number of benzene rings is 1. The van der Waals surface area contributed by atoms with E-state index in [0.29, 0.717) is 6.61 Å². The first-order valence-corrected chi connectivity index (χ1v) is 9.14. The summed E-state index contributed by atoms with van der Waals surface area (Å²) in [5, 5.41) is 2.93. The standard InChI is InChI=1S/C13H15Cl2NO4S/c1-8(12-3-2-6-20-12)16-13(17)10-7-9(21(15,18)19)4-5-11(10)14/h4-5,7-8,12H,2-3,6H2,1H3,(H,16,17). The lowest BCUT2D eigenvalue weighted by Crippen LogP contribution is -2.40. The van der Waals surface area contributed by atoms with Crippen LogP contribution in [0.2, 0.25) is 5.02 Å². The molecule has 2 atom stereocenters. The highest BCUT2D eigenvalue weighted by atomic mass is 35.7. The molecule has 0 bridgehead atoms. The summed E-state index contributed by atoms with van der Waals surface area (Å²) in [6.07, 6.45) is 1.81. The summed E-state index contributed by atoms with van der Waals surface area (Å²) in [4.78, 5) is 12.1. The highest BCUT2D eigenvalue weighted by molar-refractivity contribution is 8.13. The fourth-order valence-electron chi connectivity index (χ4n) is 2.20. The van der Waals surface area contributed by atoms with Crippen LogP contribution in [0.1, 0.15) is 30.1 Å². The third-order valence-corrected chi connectivity index (χ3v) is 5.03. The van der Waals surface area contributed by atoms with E-state index in [4.69, 9.17) is 27.0 Å². The van der Waals surface area contributed by atoms with Crippen molar-refractivity contribution in [2.24, 2.45) is 0 Å². The van der Waals surface area contributed by atoms with Gasteiger partial charge in [0.2, 0.25) is 0 Å². The molecule has 21 heavy (non-hydrogen) atoms. The van der Waals surface area contributed by atoms with Crippen molar-refractivity contribution in [3.8, 4) is 0 Å². The lowest BCUT2D eigenvalue weighted by atomic mass is 10.1. The van der Waals surface area contributed by atoms with Gasteiger partial charge < -0.3 is 10.1 Å². The molecule has 2 unspecified atom stereocenters. The Kier molecular flexibility index (Phi) is 5.14. The number of rotatable bonds is 4. The summed E-state index contributed by atoms with van der Waals surface area (Å²) >= 11 is 5.95. The molecule has 1 aliphatic heterocycles. The van der Waals surface area contributed by atoms with Gasteiger partial charge in [0.15, 0.2) is 0 Å². The van der Waals surface area contributed by atoms with Crippen molar-refractivity contribution in [3.63, 3.8) is 0 Å². The van der Waals surface area contributed by atoms with E-state index in [1.807, 2.05) is 6.92 Å². The Morgan fingerprint density at radius 3 is 2.76 bits per heavy atom. The predicted molar refractivity (Wildman–Crippen MR) is 80.4 cm³/mol. The van der Waals surface area contributed by atoms with Crippen LogP contribution in [-0.4, -0.2) is 33.1 Å². The van der Waals surface area contributed by atoms with Crippen LogP contribution >= 0.6 is 22.3 Å². The number of halogens is 2. The zero-order valence-electron chi connectivity index (χ0n) is 11.3. The molecular weight excluding hydrogens is 337 g/mol. The summed E-state index contributed by atoms with van der Waals surface area (Å²) in [5.74, 6) is -0.454. The number of carbonyl (C=O) groups excluding carboxylic acids is 1. The average Bonchev–Trinajstić information content (AvgIpc) is 2.91. The SMILES string of the molecule is CC(NC(=O)c1cc(S(=O)(=O)Cl)ccc1Cl)C1CCCO1. The van der Waals surface area contributed by atoms with Crippen molar-refractivity contribution < 1.29 is 17.9 Å². The van der Waals surface area contributed by atoms with Crippen molar-refractivity contribution in [3.05, 3.63) is 28.8 Å². The third kappa shape index (κ3) is 4.10. The van der Waals surface area contributed by atoms with E-state index in [2.05, 4.69) is 5.32 Å². The zero-order valence-corrected chi connectivity index (χ0v) is 13.6. The molecule has 0 spiro atoms. The number of nitrogens with one attached hydrogen (secondary N) is 1. The van der Waals surface area contributed by atoms with Crippen LogP contribution in [0.25, 0.3) is 0 Å². The van der Waals surface area contributed by atoms with Gasteiger partial charge in [-0.25, -0.2) is 8.42 Å². The Hall–Kier alpha value is -0.820. The van der Waals surface area contributed by atoms with Crippen molar-refractivity contribution in [1.82, 2.24) is 5.32 Å². The van der Waals surface area contributed by atoms with Crippen molar-refractivity contribution in [1.29, 1.82) is 0 Å². The maximum Gasteiger partial charge on any atom is 0.261 e. The molecule has 1 aromatic rings. The summed E-state index contributed by atoms with van der Waals surface area (Å²) in [6.45, 7) is 2.52. The minimum Gasteiger partial charge on any atom is -0.376 e. The van der Waals surface area contributed by atoms with Gasteiger partial charge in [0.25, 0.3) is 15.0 Å². The highest BCUT2D eigenvalue weighted by Crippen LogP contribution is 2.23. The Morgan fingerprint density at radius 2 is 2.19 bits per heavy atom. The van der Waals surface area contributed by atoms with Crippen LogP contribution in [0, 0.1) is 0 Å². The van der Waals surface area contributed by atoms with Gasteiger partial charge in [-0.05, 0) is 38.0 Å². The quantitative estimate of drug-likeness (QED) is 0.846. The van der Waals surface area contributed by atoms with E-state index < -0.39 is 15.0 Å². The number of carbonyl (C=O) groups is 1. The molecule has 2 rings (SSSR count). The molecule has 1 amide bonds. The van der Waals surface area contributed by atoms with Crippen molar-refractivity contribution in [2.75, 3.05) is 6.61 Å². The van der Waals surface area contributed by atoms with Crippen molar-refractivity contribution >= 4 is 37.2 Å². The lowest BCUT2D eigenvalue weighted by molar-refractivity contribution is 0.0712. The molecule has 0 aromatic heterocycles. The number of hydrogen-bond acceptors (Lipinski definition) is 4. The van der Waals surface area contributed by atoms with Crippen LogP contribution in [0.15, 0.2) is 23.1 Å². The van der Waals surface area contributed by atoms with Gasteiger partial charge in [-0.3, -0.25) is 4.79 Å². The fourth-order valence-corrected chi connectivity index (χ4v) is 3.18. The van der Waals surface area contributed by atoms with E-state index in [-0.39, 0.29) is 27.6 Å². The van der Waals surface area contributed by atoms with Gasteiger partial charge in [-0.2, -0.15) is 0 Å². The molecule has 1 N–H and O–H groups in total. The van der Waals surface area contributed by atoms with Crippen LogP contribution in [0.5, 0.6) is 0 Å². The van der Waals surface area contributed by atoms with E-state index in [1.54, 1.807) is 0 Å². The summed E-state index contributed by atoms with van der Waals surface area (Å²) in [5.41, 5.74) is 0.0724. The van der Waals surface area contributed by atoms with Crippen LogP contribution in [0.3, 0.4) is 0 Å². The topological polar surface area (TPSA) is 72.5 Å². The minimum absolute atomic E-state index is 0.0346. The summed E-state index contributed by atoms with van der Waals surface area (Å²) in [7, 11) is 1.36. The number of ether oxygens (including phenoxy) is 1. The second-order valence-corrected chi connectivity index (χ2v) is 7.87. The molecule has 116 valence electrons. The highest BCUT2D eigenvalue weighted by Gasteiger charge is 2.25. The molecule has 1 aromatic carbocycles. The molecule has 1 fully saturated rings. The molecule has 5 nitrogen and oxygen atoms in total. The van der Waals surface area contributed by atoms with E-state index in [0.717, 1.165) is 12.8 Å². The van der Waals surface area contributed by atoms with Gasteiger partial charge in [0.05, 0.1) is 27.6 Å². The molecule has 0 saturated carbocycles. The van der Waals surface area contributed by atoms with E-state index in [9.17, 15) is 13.2 Å². The monoisotopic (exact) mass is 351 g/mol. The zero-order chi connectivity index (χ0) is 15.6. The molecule has 0 aliphatic carbocycles. The van der Waals surface area contributed by atoms with Gasteiger partial charge in [0, 0.05) is 17.3 Å². The van der Waals surface area contributed by atoms with E-state index in [1.165, 1.54) is 18.2 Å². The Labute approximate surface area is 133 Å².